The van der Waals surface area contributed by atoms with Crippen molar-refractivity contribution in [2.24, 2.45) is 5.41 Å². The molecular formula is C22H28N4O2. The van der Waals surface area contributed by atoms with E-state index >= 15 is 0 Å². The molecule has 1 aromatic heterocycles. The van der Waals surface area contributed by atoms with E-state index in [-0.39, 0.29) is 11.3 Å². The van der Waals surface area contributed by atoms with Crippen LogP contribution in [0.15, 0.2) is 42.9 Å². The lowest BCUT2D eigenvalue weighted by Crippen LogP contribution is -2.44. The van der Waals surface area contributed by atoms with Gasteiger partial charge in [-0.2, -0.15) is 0 Å². The van der Waals surface area contributed by atoms with Crippen LogP contribution in [-0.4, -0.2) is 59.0 Å². The Morgan fingerprint density at radius 2 is 2.25 bits per heavy atom. The zero-order valence-electron chi connectivity index (χ0n) is 16.4. The molecule has 2 aliphatic rings. The zero-order chi connectivity index (χ0) is 19.4. The van der Waals surface area contributed by atoms with E-state index in [9.17, 15) is 4.79 Å². The molecule has 1 amide bonds. The highest BCUT2D eigenvalue weighted by Crippen LogP contribution is 2.39. The number of methoxy groups -OCH3 is 1. The normalized spacial score (nSPS) is 23.0. The molecule has 1 spiro atoms. The van der Waals surface area contributed by atoms with Crippen LogP contribution in [0.3, 0.4) is 0 Å². The first-order valence-corrected chi connectivity index (χ1v) is 9.96. The maximum atomic E-state index is 12.6. The fourth-order valence-corrected chi connectivity index (χ4v) is 4.55. The van der Waals surface area contributed by atoms with E-state index in [1.165, 1.54) is 18.4 Å². The highest BCUT2D eigenvalue weighted by Gasteiger charge is 2.42. The minimum Gasteiger partial charge on any atom is -0.497 e. The van der Waals surface area contributed by atoms with E-state index in [4.69, 9.17) is 4.74 Å². The van der Waals surface area contributed by atoms with E-state index in [1.54, 1.807) is 31.8 Å². The first kappa shape index (κ1) is 18.7. The molecule has 6 nitrogen and oxygen atoms in total. The number of imidazole rings is 1. The van der Waals surface area contributed by atoms with Crippen LogP contribution < -0.4 is 4.74 Å². The van der Waals surface area contributed by atoms with Gasteiger partial charge in [-0.05, 0) is 49.6 Å². The molecule has 3 heterocycles. The van der Waals surface area contributed by atoms with E-state index in [1.807, 2.05) is 11.0 Å². The molecule has 2 aromatic rings. The summed E-state index contributed by atoms with van der Waals surface area (Å²) in [6.45, 7) is 4.81. The standard InChI is InChI=1S/C22H28N4O2/c1-28-20-5-2-4-18(12-20)14-25-10-3-8-22(15-25)9-11-26(16-22)21(27)7-6-19-13-23-17-24-19/h2,4-7,12-13,17H,3,8-11,14-16H2,1H3,(H,23,24)/b7-6+/t22-/m0/s1. The summed E-state index contributed by atoms with van der Waals surface area (Å²) in [5.41, 5.74) is 2.36. The first-order valence-electron chi connectivity index (χ1n) is 9.96. The summed E-state index contributed by atoms with van der Waals surface area (Å²) in [6.07, 6.45) is 10.3. The van der Waals surface area contributed by atoms with Gasteiger partial charge in [-0.15, -0.1) is 0 Å². The summed E-state index contributed by atoms with van der Waals surface area (Å²) >= 11 is 0. The number of aromatic amines is 1. The first-order chi connectivity index (χ1) is 13.7. The number of benzene rings is 1. The largest absolute Gasteiger partial charge is 0.497 e. The Bertz CT molecular complexity index is 833. The number of nitrogens with zero attached hydrogens (tertiary/aromatic N) is 3. The predicted octanol–water partition coefficient (Wildman–Crippen LogP) is 2.95. The highest BCUT2D eigenvalue weighted by atomic mass is 16.5. The van der Waals surface area contributed by atoms with Gasteiger partial charge in [0.05, 0.1) is 25.3 Å². The van der Waals surface area contributed by atoms with Gasteiger partial charge in [0.1, 0.15) is 5.75 Å². The molecule has 148 valence electrons. The lowest BCUT2D eigenvalue weighted by atomic mass is 9.79. The Labute approximate surface area is 166 Å². The Hall–Kier alpha value is -2.60. The lowest BCUT2D eigenvalue weighted by molar-refractivity contribution is -0.125. The molecule has 0 unspecified atom stereocenters. The quantitative estimate of drug-likeness (QED) is 0.810. The third kappa shape index (κ3) is 4.28. The van der Waals surface area contributed by atoms with Crippen LogP contribution in [-0.2, 0) is 11.3 Å². The SMILES string of the molecule is COc1cccc(CN2CCC[C@]3(CCN(C(=O)/C=C/c4cnc[nH]4)C3)C2)c1. The molecule has 0 aliphatic carbocycles. The molecule has 0 radical (unpaired) electrons. The van der Waals surface area contributed by atoms with Gasteiger partial charge in [0.2, 0.25) is 5.91 Å². The van der Waals surface area contributed by atoms with Crippen molar-refractivity contribution in [1.82, 2.24) is 19.8 Å². The second kappa shape index (κ2) is 8.19. The number of likely N-dealkylation sites (tertiary alicyclic amines) is 2. The van der Waals surface area contributed by atoms with Crippen molar-refractivity contribution in [1.29, 1.82) is 0 Å². The zero-order valence-corrected chi connectivity index (χ0v) is 16.4. The van der Waals surface area contributed by atoms with Crippen molar-refractivity contribution >= 4 is 12.0 Å². The summed E-state index contributed by atoms with van der Waals surface area (Å²) in [7, 11) is 1.71. The predicted molar refractivity (Wildman–Crippen MR) is 109 cm³/mol. The van der Waals surface area contributed by atoms with Crippen molar-refractivity contribution in [2.75, 3.05) is 33.3 Å². The summed E-state index contributed by atoms with van der Waals surface area (Å²) < 4.78 is 5.35. The average molecular weight is 380 g/mol. The van der Waals surface area contributed by atoms with Gasteiger partial charge in [0, 0.05) is 37.7 Å². The van der Waals surface area contributed by atoms with Crippen molar-refractivity contribution in [3.05, 3.63) is 54.1 Å². The maximum Gasteiger partial charge on any atom is 0.246 e. The Kier molecular flexibility index (Phi) is 5.48. The molecule has 2 fully saturated rings. The fraction of sp³-hybridized carbons (Fsp3) is 0.455. The molecule has 0 bridgehead atoms. The lowest BCUT2D eigenvalue weighted by Gasteiger charge is -2.40. The van der Waals surface area contributed by atoms with E-state index < -0.39 is 0 Å². The van der Waals surface area contributed by atoms with Crippen LogP contribution in [0.5, 0.6) is 5.75 Å². The molecule has 2 saturated heterocycles. The molecule has 2 aliphatic heterocycles. The minimum absolute atomic E-state index is 0.0939. The van der Waals surface area contributed by atoms with Crippen LogP contribution in [0.1, 0.15) is 30.5 Å². The number of carbonyl (C=O) groups excluding carboxylic acids is 1. The van der Waals surface area contributed by atoms with Crippen LogP contribution in [0, 0.1) is 5.41 Å². The number of amides is 1. The molecule has 6 heteroatoms. The second-order valence-electron chi connectivity index (χ2n) is 8.02. The molecule has 4 rings (SSSR count). The van der Waals surface area contributed by atoms with Crippen LogP contribution in [0.4, 0.5) is 0 Å². The Morgan fingerprint density at radius 1 is 1.32 bits per heavy atom. The Balaban J connectivity index is 1.36. The smallest absolute Gasteiger partial charge is 0.246 e. The van der Waals surface area contributed by atoms with Crippen molar-refractivity contribution < 1.29 is 9.53 Å². The van der Waals surface area contributed by atoms with Crippen LogP contribution >= 0.6 is 0 Å². The van der Waals surface area contributed by atoms with Gasteiger partial charge >= 0.3 is 0 Å². The van der Waals surface area contributed by atoms with E-state index in [2.05, 4.69) is 33.1 Å². The summed E-state index contributed by atoms with van der Waals surface area (Å²) in [5, 5.41) is 0. The van der Waals surface area contributed by atoms with Crippen LogP contribution in [0.25, 0.3) is 6.08 Å². The molecular weight excluding hydrogens is 352 g/mol. The van der Waals surface area contributed by atoms with Crippen molar-refractivity contribution in [3.8, 4) is 5.75 Å². The van der Waals surface area contributed by atoms with Gasteiger partial charge in [-0.1, -0.05) is 12.1 Å². The number of nitrogens with one attached hydrogen (secondary N) is 1. The minimum atomic E-state index is 0.0939. The summed E-state index contributed by atoms with van der Waals surface area (Å²) in [5.74, 6) is 1.00. The van der Waals surface area contributed by atoms with E-state index in [0.29, 0.717) is 0 Å². The summed E-state index contributed by atoms with van der Waals surface area (Å²) in [4.78, 5) is 24.1. The van der Waals surface area contributed by atoms with Gasteiger partial charge in [0.25, 0.3) is 0 Å². The van der Waals surface area contributed by atoms with Gasteiger partial charge in [-0.25, -0.2) is 4.98 Å². The molecule has 28 heavy (non-hydrogen) atoms. The third-order valence-electron chi connectivity index (χ3n) is 5.96. The number of H-pyrrole nitrogens is 1. The molecule has 1 aromatic carbocycles. The number of ether oxygens (including phenoxy) is 1. The number of carbonyl (C=O) groups is 1. The topological polar surface area (TPSA) is 61.5 Å². The fourth-order valence-electron chi connectivity index (χ4n) is 4.55. The third-order valence-corrected chi connectivity index (χ3v) is 5.96. The van der Waals surface area contributed by atoms with Crippen molar-refractivity contribution in [2.45, 2.75) is 25.8 Å². The monoisotopic (exact) mass is 380 g/mol. The maximum absolute atomic E-state index is 12.6. The van der Waals surface area contributed by atoms with Gasteiger partial charge < -0.3 is 14.6 Å². The number of piperidine rings is 1. The Morgan fingerprint density at radius 3 is 3.07 bits per heavy atom. The number of hydrogen-bond donors (Lipinski definition) is 1. The van der Waals surface area contributed by atoms with E-state index in [0.717, 1.165) is 50.6 Å². The van der Waals surface area contributed by atoms with Crippen molar-refractivity contribution in [3.63, 3.8) is 0 Å². The number of aromatic nitrogens is 2. The molecule has 1 N–H and O–H groups in total. The second-order valence-corrected chi connectivity index (χ2v) is 8.02. The number of hydrogen-bond acceptors (Lipinski definition) is 4. The molecule has 1 atom stereocenters. The molecule has 0 saturated carbocycles. The highest BCUT2D eigenvalue weighted by molar-refractivity contribution is 5.91. The number of rotatable bonds is 5. The van der Waals surface area contributed by atoms with Gasteiger partial charge in [-0.3, -0.25) is 9.69 Å². The van der Waals surface area contributed by atoms with Crippen LogP contribution in [0.2, 0.25) is 0 Å². The van der Waals surface area contributed by atoms with Gasteiger partial charge in [0.15, 0.2) is 0 Å². The average Bonchev–Trinajstić information content (AvgIpc) is 3.37. The summed E-state index contributed by atoms with van der Waals surface area (Å²) in [6, 6.07) is 8.31.